The molecule has 0 bridgehead atoms. The highest BCUT2D eigenvalue weighted by atomic mass is 32.2. The molecule has 1 aromatic heterocycles. The smallest absolute Gasteiger partial charge is 0.408 e. The largest absolute Gasteiger partial charge is 0.419 e. The topological polar surface area (TPSA) is 52.2 Å². The van der Waals surface area contributed by atoms with E-state index in [2.05, 4.69) is 0 Å². The van der Waals surface area contributed by atoms with E-state index in [0.29, 0.717) is 22.4 Å². The molecule has 0 fully saturated rings. The molecular formula is C11H11NO3S. The summed E-state index contributed by atoms with van der Waals surface area (Å²) in [5.41, 5.74) is 1.77. The normalized spacial score (nSPS) is 10.9. The van der Waals surface area contributed by atoms with Crippen LogP contribution in [-0.2, 0) is 7.05 Å². The molecule has 0 unspecified atom stereocenters. The van der Waals surface area contributed by atoms with Crippen molar-refractivity contribution in [3.05, 3.63) is 34.3 Å². The second-order valence-corrected chi connectivity index (χ2v) is 4.33. The van der Waals surface area contributed by atoms with E-state index in [1.807, 2.05) is 6.26 Å². The SMILES string of the molecule is CSCC(=O)c1ccc2oc(=O)n(C)c2c1. The predicted octanol–water partition coefficient (Wildman–Crippen LogP) is 1.68. The van der Waals surface area contributed by atoms with Gasteiger partial charge in [-0.2, -0.15) is 11.8 Å². The minimum Gasteiger partial charge on any atom is -0.408 e. The van der Waals surface area contributed by atoms with Gasteiger partial charge >= 0.3 is 5.76 Å². The fourth-order valence-electron chi connectivity index (χ4n) is 1.51. The molecular weight excluding hydrogens is 226 g/mol. The van der Waals surface area contributed by atoms with Crippen LogP contribution in [0.5, 0.6) is 0 Å². The molecule has 5 heteroatoms. The summed E-state index contributed by atoms with van der Waals surface area (Å²) in [4.78, 5) is 22.9. The minimum atomic E-state index is -0.413. The third-order valence-electron chi connectivity index (χ3n) is 2.39. The highest BCUT2D eigenvalue weighted by molar-refractivity contribution is 7.99. The molecule has 0 aliphatic heterocycles. The van der Waals surface area contributed by atoms with E-state index in [1.54, 1.807) is 25.2 Å². The minimum absolute atomic E-state index is 0.0584. The molecule has 84 valence electrons. The van der Waals surface area contributed by atoms with Gasteiger partial charge in [0.05, 0.1) is 11.3 Å². The average molecular weight is 237 g/mol. The van der Waals surface area contributed by atoms with E-state index in [9.17, 15) is 9.59 Å². The molecule has 16 heavy (non-hydrogen) atoms. The third kappa shape index (κ3) is 1.78. The first-order chi connectivity index (χ1) is 7.63. The number of ketones is 1. The van der Waals surface area contributed by atoms with E-state index in [-0.39, 0.29) is 5.78 Å². The molecule has 0 aliphatic carbocycles. The molecule has 0 amide bonds. The monoisotopic (exact) mass is 237 g/mol. The van der Waals surface area contributed by atoms with Crippen LogP contribution in [0.4, 0.5) is 0 Å². The van der Waals surface area contributed by atoms with E-state index in [4.69, 9.17) is 4.42 Å². The Morgan fingerprint density at radius 3 is 2.94 bits per heavy atom. The molecule has 0 aliphatic rings. The van der Waals surface area contributed by atoms with Crippen molar-refractivity contribution >= 4 is 28.6 Å². The molecule has 0 spiro atoms. The zero-order chi connectivity index (χ0) is 11.7. The van der Waals surface area contributed by atoms with E-state index in [0.717, 1.165) is 0 Å². The first-order valence-electron chi connectivity index (χ1n) is 4.75. The van der Waals surface area contributed by atoms with Gasteiger partial charge in [-0.15, -0.1) is 0 Å². The molecule has 1 aromatic carbocycles. The lowest BCUT2D eigenvalue weighted by Crippen LogP contribution is -2.08. The molecule has 0 saturated heterocycles. The van der Waals surface area contributed by atoms with Gasteiger partial charge in [0.15, 0.2) is 11.4 Å². The molecule has 0 atom stereocenters. The number of hydrogen-bond donors (Lipinski definition) is 0. The summed E-state index contributed by atoms with van der Waals surface area (Å²) in [7, 11) is 1.62. The number of aryl methyl sites for hydroxylation is 1. The van der Waals surface area contributed by atoms with Crippen LogP contribution in [0.3, 0.4) is 0 Å². The standard InChI is InChI=1S/C11H11NO3S/c1-12-8-5-7(9(13)6-16-2)3-4-10(8)15-11(12)14/h3-5H,6H2,1-2H3. The summed E-state index contributed by atoms with van der Waals surface area (Å²) in [6.07, 6.45) is 1.88. The Balaban J connectivity index is 2.55. The lowest BCUT2D eigenvalue weighted by Gasteiger charge is -1.99. The summed E-state index contributed by atoms with van der Waals surface area (Å²) in [6.45, 7) is 0. The van der Waals surface area contributed by atoms with Crippen molar-refractivity contribution in [2.45, 2.75) is 0 Å². The molecule has 0 N–H and O–H groups in total. The van der Waals surface area contributed by atoms with Crippen molar-refractivity contribution in [3.8, 4) is 0 Å². The summed E-state index contributed by atoms with van der Waals surface area (Å²) in [5.74, 6) is 0.0876. The summed E-state index contributed by atoms with van der Waals surface area (Å²) >= 11 is 1.48. The van der Waals surface area contributed by atoms with Crippen molar-refractivity contribution in [2.24, 2.45) is 7.05 Å². The number of oxazole rings is 1. The Kier molecular flexibility index (Phi) is 2.87. The van der Waals surface area contributed by atoms with Gasteiger partial charge in [0.25, 0.3) is 0 Å². The number of carbonyl (C=O) groups excluding carboxylic acids is 1. The van der Waals surface area contributed by atoms with Gasteiger partial charge in [0.2, 0.25) is 0 Å². The van der Waals surface area contributed by atoms with Crippen LogP contribution in [0.15, 0.2) is 27.4 Å². The van der Waals surface area contributed by atoms with Crippen LogP contribution >= 0.6 is 11.8 Å². The van der Waals surface area contributed by atoms with Crippen molar-refractivity contribution in [3.63, 3.8) is 0 Å². The molecule has 4 nitrogen and oxygen atoms in total. The highest BCUT2D eigenvalue weighted by Crippen LogP contribution is 2.15. The van der Waals surface area contributed by atoms with Crippen LogP contribution in [0.1, 0.15) is 10.4 Å². The molecule has 0 radical (unpaired) electrons. The second kappa shape index (κ2) is 4.17. The van der Waals surface area contributed by atoms with Crippen LogP contribution < -0.4 is 5.76 Å². The molecule has 0 saturated carbocycles. The number of carbonyl (C=O) groups is 1. The van der Waals surface area contributed by atoms with Crippen molar-refractivity contribution in [2.75, 3.05) is 12.0 Å². The van der Waals surface area contributed by atoms with Gasteiger partial charge in [-0.05, 0) is 24.5 Å². The van der Waals surface area contributed by atoms with Crippen LogP contribution in [0, 0.1) is 0 Å². The van der Waals surface area contributed by atoms with E-state index >= 15 is 0 Å². The van der Waals surface area contributed by atoms with E-state index < -0.39 is 5.76 Å². The third-order valence-corrected chi connectivity index (χ3v) is 2.94. The molecule has 1 heterocycles. The number of Topliss-reactive ketones (excluding diaryl/α,β-unsaturated/α-hetero) is 1. The summed E-state index contributed by atoms with van der Waals surface area (Å²) in [6, 6.07) is 5.03. The van der Waals surface area contributed by atoms with Crippen LogP contribution in [0.25, 0.3) is 11.1 Å². The number of fused-ring (bicyclic) bond motifs is 1. The lowest BCUT2D eigenvalue weighted by molar-refractivity contribution is 0.102. The Hall–Kier alpha value is -1.49. The van der Waals surface area contributed by atoms with Gasteiger partial charge in [-0.1, -0.05) is 0 Å². The Morgan fingerprint density at radius 2 is 2.25 bits per heavy atom. The van der Waals surface area contributed by atoms with Gasteiger partial charge < -0.3 is 4.42 Å². The first-order valence-corrected chi connectivity index (χ1v) is 6.14. The Morgan fingerprint density at radius 1 is 1.50 bits per heavy atom. The predicted molar refractivity (Wildman–Crippen MR) is 64.2 cm³/mol. The van der Waals surface area contributed by atoms with Crippen LogP contribution in [0.2, 0.25) is 0 Å². The second-order valence-electron chi connectivity index (χ2n) is 3.47. The van der Waals surface area contributed by atoms with Crippen molar-refractivity contribution < 1.29 is 9.21 Å². The Bertz CT molecular complexity index is 597. The maximum absolute atomic E-state index is 11.7. The number of thioether (sulfide) groups is 1. The maximum atomic E-state index is 11.7. The molecule has 2 rings (SSSR count). The number of hydrogen-bond acceptors (Lipinski definition) is 4. The fraction of sp³-hybridized carbons (Fsp3) is 0.273. The number of aromatic nitrogens is 1. The number of rotatable bonds is 3. The number of benzene rings is 1. The summed E-state index contributed by atoms with van der Waals surface area (Å²) in [5, 5.41) is 0. The van der Waals surface area contributed by atoms with Gasteiger partial charge in [-0.3, -0.25) is 9.36 Å². The zero-order valence-electron chi connectivity index (χ0n) is 9.02. The summed E-state index contributed by atoms with van der Waals surface area (Å²) < 4.78 is 6.38. The zero-order valence-corrected chi connectivity index (χ0v) is 9.84. The van der Waals surface area contributed by atoms with Gasteiger partial charge in [0.1, 0.15) is 0 Å². The van der Waals surface area contributed by atoms with Crippen molar-refractivity contribution in [1.82, 2.24) is 4.57 Å². The van der Waals surface area contributed by atoms with Crippen molar-refractivity contribution in [1.29, 1.82) is 0 Å². The quantitative estimate of drug-likeness (QED) is 0.762. The first kappa shape index (κ1) is 11.0. The van der Waals surface area contributed by atoms with Crippen LogP contribution in [-0.4, -0.2) is 22.4 Å². The number of nitrogens with zero attached hydrogens (tertiary/aromatic N) is 1. The fourth-order valence-corrected chi connectivity index (χ4v) is 1.94. The maximum Gasteiger partial charge on any atom is 0.419 e. The van der Waals surface area contributed by atoms with Gasteiger partial charge in [-0.25, -0.2) is 4.79 Å². The average Bonchev–Trinajstić information content (AvgIpc) is 2.55. The Labute approximate surface area is 96.2 Å². The lowest BCUT2D eigenvalue weighted by atomic mass is 10.1. The van der Waals surface area contributed by atoms with E-state index in [1.165, 1.54) is 16.3 Å². The highest BCUT2D eigenvalue weighted by Gasteiger charge is 2.10. The molecule has 2 aromatic rings. The van der Waals surface area contributed by atoms with Gasteiger partial charge in [0, 0.05) is 12.6 Å².